The second kappa shape index (κ2) is 5.95. The molecule has 3 rings (SSSR count). The van der Waals surface area contributed by atoms with E-state index in [1.807, 2.05) is 24.3 Å². The maximum Gasteiger partial charge on any atom is 0.221 e. The van der Waals surface area contributed by atoms with Gasteiger partial charge in [0.2, 0.25) is 5.91 Å². The van der Waals surface area contributed by atoms with Crippen molar-refractivity contribution in [1.82, 2.24) is 5.32 Å². The van der Waals surface area contributed by atoms with E-state index in [0.29, 0.717) is 19.6 Å². The number of para-hydroxylation sites is 1. The quantitative estimate of drug-likeness (QED) is 0.937. The molecule has 3 nitrogen and oxygen atoms in total. The third-order valence-corrected chi connectivity index (χ3v) is 3.63. The molecule has 0 bridgehead atoms. The van der Waals surface area contributed by atoms with E-state index in [-0.39, 0.29) is 17.6 Å². The topological polar surface area (TPSA) is 38.3 Å². The number of carbonyl (C=O) groups excluding carboxylic acids is 1. The van der Waals surface area contributed by atoms with Crippen LogP contribution < -0.4 is 10.1 Å². The average molecular weight is 285 g/mol. The molecule has 1 unspecified atom stereocenters. The number of hydrogen-bond acceptors (Lipinski definition) is 2. The first-order valence-electron chi connectivity index (χ1n) is 6.95. The Kier molecular flexibility index (Phi) is 3.86. The summed E-state index contributed by atoms with van der Waals surface area (Å²) in [5.74, 6) is 0.678. The van der Waals surface area contributed by atoms with Crippen molar-refractivity contribution in [2.24, 2.45) is 0 Å². The van der Waals surface area contributed by atoms with Crippen LogP contribution in [0.5, 0.6) is 5.75 Å². The third kappa shape index (κ3) is 3.21. The Bertz CT molecular complexity index is 639. The third-order valence-electron chi connectivity index (χ3n) is 3.63. The molecular weight excluding hydrogens is 269 g/mol. The van der Waals surface area contributed by atoms with E-state index in [2.05, 4.69) is 5.32 Å². The van der Waals surface area contributed by atoms with Crippen molar-refractivity contribution in [3.05, 3.63) is 65.5 Å². The van der Waals surface area contributed by atoms with Crippen LogP contribution in [0.3, 0.4) is 0 Å². The number of hydrogen-bond donors (Lipinski definition) is 1. The van der Waals surface area contributed by atoms with Gasteiger partial charge in [-0.3, -0.25) is 4.79 Å². The zero-order valence-electron chi connectivity index (χ0n) is 11.5. The maximum absolute atomic E-state index is 12.8. The lowest BCUT2D eigenvalue weighted by atomic mass is 9.97. The minimum atomic E-state index is -0.273. The molecule has 0 radical (unpaired) electrons. The van der Waals surface area contributed by atoms with Crippen LogP contribution in [0.25, 0.3) is 0 Å². The summed E-state index contributed by atoms with van der Waals surface area (Å²) in [4.78, 5) is 12.0. The van der Waals surface area contributed by atoms with E-state index in [1.54, 1.807) is 12.1 Å². The Balaban J connectivity index is 1.54. The lowest BCUT2D eigenvalue weighted by Gasteiger charge is -2.09. The fourth-order valence-corrected chi connectivity index (χ4v) is 2.50. The van der Waals surface area contributed by atoms with Gasteiger partial charge in [-0.15, -0.1) is 0 Å². The zero-order valence-corrected chi connectivity index (χ0v) is 11.5. The molecule has 1 amide bonds. The molecule has 0 aliphatic carbocycles. The van der Waals surface area contributed by atoms with Crippen molar-refractivity contribution < 1.29 is 13.9 Å². The van der Waals surface area contributed by atoms with Gasteiger partial charge >= 0.3 is 0 Å². The fourth-order valence-electron chi connectivity index (χ4n) is 2.50. The van der Waals surface area contributed by atoms with Crippen molar-refractivity contribution >= 4 is 5.91 Å². The maximum atomic E-state index is 12.8. The lowest BCUT2D eigenvalue weighted by Crippen LogP contribution is -2.25. The Hall–Kier alpha value is -2.36. The van der Waals surface area contributed by atoms with Crippen LogP contribution in [0.2, 0.25) is 0 Å². The summed E-state index contributed by atoms with van der Waals surface area (Å²) in [5, 5.41) is 2.86. The minimum Gasteiger partial charge on any atom is -0.493 e. The summed E-state index contributed by atoms with van der Waals surface area (Å²) in [6.07, 6.45) is 0.401. The normalized spacial score (nSPS) is 16.1. The summed E-state index contributed by atoms with van der Waals surface area (Å²) in [6.45, 7) is 0.956. The van der Waals surface area contributed by atoms with E-state index < -0.39 is 0 Å². The van der Waals surface area contributed by atoms with Crippen LogP contribution in [0.4, 0.5) is 4.39 Å². The standard InChI is InChI=1S/C17H16FNO2/c18-14-7-5-12(6-8-14)10-19-17(20)9-13-11-21-16-4-2-1-3-15(13)16/h1-8,13H,9-11H2,(H,19,20). The second-order valence-electron chi connectivity index (χ2n) is 5.15. The number of ether oxygens (including phenoxy) is 1. The second-order valence-corrected chi connectivity index (χ2v) is 5.15. The number of nitrogens with one attached hydrogen (secondary N) is 1. The molecule has 1 aliphatic rings. The van der Waals surface area contributed by atoms with Gasteiger partial charge in [-0.2, -0.15) is 0 Å². The smallest absolute Gasteiger partial charge is 0.221 e. The van der Waals surface area contributed by atoms with Crippen LogP contribution in [0.15, 0.2) is 48.5 Å². The molecule has 0 fully saturated rings. The number of rotatable bonds is 4. The van der Waals surface area contributed by atoms with E-state index in [4.69, 9.17) is 4.74 Å². The van der Waals surface area contributed by atoms with Crippen LogP contribution in [-0.4, -0.2) is 12.5 Å². The lowest BCUT2D eigenvalue weighted by molar-refractivity contribution is -0.121. The van der Waals surface area contributed by atoms with Crippen molar-refractivity contribution in [2.45, 2.75) is 18.9 Å². The van der Waals surface area contributed by atoms with Gasteiger partial charge in [0.1, 0.15) is 11.6 Å². The van der Waals surface area contributed by atoms with E-state index >= 15 is 0 Å². The molecule has 1 heterocycles. The highest BCUT2D eigenvalue weighted by atomic mass is 19.1. The molecule has 108 valence electrons. The molecule has 0 spiro atoms. The van der Waals surface area contributed by atoms with Gasteiger partial charge < -0.3 is 10.1 Å². The summed E-state index contributed by atoms with van der Waals surface area (Å²) >= 11 is 0. The van der Waals surface area contributed by atoms with E-state index in [1.165, 1.54) is 12.1 Å². The largest absolute Gasteiger partial charge is 0.493 e. The Labute approximate surface area is 122 Å². The fraction of sp³-hybridized carbons (Fsp3) is 0.235. The molecule has 1 N–H and O–H groups in total. The molecule has 2 aromatic rings. The SMILES string of the molecule is O=C(CC1COc2ccccc21)NCc1ccc(F)cc1. The van der Waals surface area contributed by atoms with Crippen molar-refractivity contribution in [1.29, 1.82) is 0 Å². The Morgan fingerprint density at radius 2 is 1.95 bits per heavy atom. The Morgan fingerprint density at radius 1 is 1.19 bits per heavy atom. The molecule has 1 aliphatic heterocycles. The summed E-state index contributed by atoms with van der Waals surface area (Å²) in [6, 6.07) is 13.9. The van der Waals surface area contributed by atoms with Crippen LogP contribution in [0.1, 0.15) is 23.5 Å². The van der Waals surface area contributed by atoms with Crippen LogP contribution >= 0.6 is 0 Å². The van der Waals surface area contributed by atoms with Gasteiger partial charge in [-0.25, -0.2) is 4.39 Å². The van der Waals surface area contributed by atoms with Gasteiger partial charge in [-0.1, -0.05) is 30.3 Å². The molecule has 21 heavy (non-hydrogen) atoms. The van der Waals surface area contributed by atoms with E-state index in [9.17, 15) is 9.18 Å². The van der Waals surface area contributed by atoms with Gasteiger partial charge in [0.05, 0.1) is 6.61 Å². The number of amides is 1. The summed E-state index contributed by atoms with van der Waals surface area (Å²) < 4.78 is 18.4. The summed E-state index contributed by atoms with van der Waals surface area (Å²) in [5.41, 5.74) is 1.97. The molecule has 0 aromatic heterocycles. The number of halogens is 1. The first kappa shape index (κ1) is 13.6. The first-order chi connectivity index (χ1) is 10.2. The van der Waals surface area contributed by atoms with Gasteiger partial charge in [-0.05, 0) is 23.8 Å². The predicted molar refractivity (Wildman–Crippen MR) is 77.5 cm³/mol. The highest BCUT2D eigenvalue weighted by Crippen LogP contribution is 2.35. The Morgan fingerprint density at radius 3 is 2.76 bits per heavy atom. The number of benzene rings is 2. The van der Waals surface area contributed by atoms with Crippen LogP contribution in [-0.2, 0) is 11.3 Å². The summed E-state index contributed by atoms with van der Waals surface area (Å²) in [7, 11) is 0. The van der Waals surface area contributed by atoms with Crippen molar-refractivity contribution in [2.75, 3.05) is 6.61 Å². The highest BCUT2D eigenvalue weighted by molar-refractivity contribution is 5.77. The molecule has 2 aromatic carbocycles. The molecular formula is C17H16FNO2. The molecule has 4 heteroatoms. The molecule has 1 atom stereocenters. The van der Waals surface area contributed by atoms with Gasteiger partial charge in [0.15, 0.2) is 0 Å². The highest BCUT2D eigenvalue weighted by Gasteiger charge is 2.25. The first-order valence-corrected chi connectivity index (χ1v) is 6.95. The average Bonchev–Trinajstić information content (AvgIpc) is 2.90. The number of fused-ring (bicyclic) bond motifs is 1. The van der Waals surface area contributed by atoms with Crippen molar-refractivity contribution in [3.63, 3.8) is 0 Å². The van der Waals surface area contributed by atoms with E-state index in [0.717, 1.165) is 16.9 Å². The van der Waals surface area contributed by atoms with Crippen LogP contribution in [0, 0.1) is 5.82 Å². The van der Waals surface area contributed by atoms with Gasteiger partial charge in [0, 0.05) is 24.4 Å². The predicted octanol–water partition coefficient (Wildman–Crippen LogP) is 3.01. The van der Waals surface area contributed by atoms with Gasteiger partial charge in [0.25, 0.3) is 0 Å². The monoisotopic (exact) mass is 285 g/mol. The minimum absolute atomic E-state index is 0.0235. The molecule has 0 saturated heterocycles. The zero-order chi connectivity index (χ0) is 14.7. The van der Waals surface area contributed by atoms with Crippen molar-refractivity contribution in [3.8, 4) is 5.75 Å². The number of carbonyl (C=O) groups is 1. The molecule has 0 saturated carbocycles.